The molecule has 0 spiro atoms. The molecule has 0 amide bonds. The Hall–Kier alpha value is -2.68. The van der Waals surface area contributed by atoms with E-state index in [1.54, 1.807) is 0 Å². The van der Waals surface area contributed by atoms with Gasteiger partial charge in [-0.3, -0.25) is 4.90 Å². The molecule has 0 N–H and O–H groups in total. The van der Waals surface area contributed by atoms with Crippen molar-refractivity contribution in [1.29, 1.82) is 0 Å². The lowest BCUT2D eigenvalue weighted by atomic mass is 9.92. The first-order valence-corrected chi connectivity index (χ1v) is 10.2. The summed E-state index contributed by atoms with van der Waals surface area (Å²) in [5, 5.41) is 3.67. The molecule has 0 radical (unpaired) electrons. The van der Waals surface area contributed by atoms with Crippen LogP contribution in [-0.2, 0) is 19.1 Å². The minimum Gasteiger partial charge on any atom is -0.490 e. The second-order valence-corrected chi connectivity index (χ2v) is 8.16. The molecule has 1 unspecified atom stereocenters. The summed E-state index contributed by atoms with van der Waals surface area (Å²) in [6, 6.07) is 7.47. The predicted molar refractivity (Wildman–Crippen MR) is 103 cm³/mol. The molecule has 9 heteroatoms. The second-order valence-electron chi connectivity index (χ2n) is 8.16. The summed E-state index contributed by atoms with van der Waals surface area (Å²) in [5.41, 5.74) is 2.12. The van der Waals surface area contributed by atoms with Crippen LogP contribution >= 0.6 is 0 Å². The third-order valence-electron chi connectivity index (χ3n) is 5.93. The SMILES string of the molecule is CC1Cc2cc(CN3CCC(c4cc(C(F)(F)F)n5ncnc5n4)CC3)ccc2O1. The smallest absolute Gasteiger partial charge is 0.433 e. The molecule has 5 rings (SSSR count). The summed E-state index contributed by atoms with van der Waals surface area (Å²) in [4.78, 5) is 10.6. The summed E-state index contributed by atoms with van der Waals surface area (Å²) in [7, 11) is 0. The van der Waals surface area contributed by atoms with Crippen molar-refractivity contribution < 1.29 is 17.9 Å². The molecule has 30 heavy (non-hydrogen) atoms. The molecule has 0 aliphatic carbocycles. The minimum absolute atomic E-state index is 0.00292. The van der Waals surface area contributed by atoms with Crippen LogP contribution < -0.4 is 4.74 Å². The Bertz CT molecular complexity index is 1070. The maximum Gasteiger partial charge on any atom is 0.433 e. The van der Waals surface area contributed by atoms with Gasteiger partial charge < -0.3 is 4.74 Å². The van der Waals surface area contributed by atoms with Crippen LogP contribution in [0.2, 0.25) is 0 Å². The first kappa shape index (κ1) is 19.3. The minimum atomic E-state index is -4.50. The van der Waals surface area contributed by atoms with Crippen molar-refractivity contribution in [1.82, 2.24) is 24.5 Å². The number of aromatic nitrogens is 4. The van der Waals surface area contributed by atoms with Crippen LogP contribution in [0.1, 0.15) is 48.2 Å². The Morgan fingerprint density at radius 3 is 2.73 bits per heavy atom. The zero-order valence-electron chi connectivity index (χ0n) is 16.6. The van der Waals surface area contributed by atoms with Gasteiger partial charge in [0.25, 0.3) is 5.78 Å². The number of hydrogen-bond donors (Lipinski definition) is 0. The normalized spacial score (nSPS) is 20.5. The summed E-state index contributed by atoms with van der Waals surface area (Å²) in [5.74, 6) is 0.954. The molecule has 1 fully saturated rings. The third kappa shape index (κ3) is 3.62. The number of benzene rings is 1. The lowest BCUT2D eigenvalue weighted by Crippen LogP contribution is -2.33. The van der Waals surface area contributed by atoms with Crippen LogP contribution in [0.15, 0.2) is 30.6 Å². The second kappa shape index (κ2) is 7.23. The van der Waals surface area contributed by atoms with E-state index in [4.69, 9.17) is 4.74 Å². The summed E-state index contributed by atoms with van der Waals surface area (Å²) in [6.07, 6.45) is -0.711. The van der Waals surface area contributed by atoms with Crippen LogP contribution in [0.3, 0.4) is 0 Å². The molecular weight excluding hydrogens is 395 g/mol. The van der Waals surface area contributed by atoms with Gasteiger partial charge in [0.2, 0.25) is 0 Å². The Balaban J connectivity index is 1.28. The van der Waals surface area contributed by atoms with Gasteiger partial charge in [-0.15, -0.1) is 0 Å². The van der Waals surface area contributed by atoms with E-state index in [9.17, 15) is 13.2 Å². The molecule has 0 bridgehead atoms. The fraction of sp³-hybridized carbons (Fsp3) is 0.476. The summed E-state index contributed by atoms with van der Waals surface area (Å²) >= 11 is 0. The van der Waals surface area contributed by atoms with Gasteiger partial charge in [-0.1, -0.05) is 12.1 Å². The van der Waals surface area contributed by atoms with Crippen molar-refractivity contribution in [2.24, 2.45) is 0 Å². The zero-order chi connectivity index (χ0) is 20.9. The van der Waals surface area contributed by atoms with Gasteiger partial charge >= 0.3 is 6.18 Å². The molecule has 1 aromatic carbocycles. The van der Waals surface area contributed by atoms with E-state index < -0.39 is 11.9 Å². The number of halogens is 3. The highest BCUT2D eigenvalue weighted by molar-refractivity contribution is 5.40. The number of ether oxygens (including phenoxy) is 1. The van der Waals surface area contributed by atoms with E-state index in [-0.39, 0.29) is 17.8 Å². The highest BCUT2D eigenvalue weighted by atomic mass is 19.4. The lowest BCUT2D eigenvalue weighted by molar-refractivity contribution is -0.142. The van der Waals surface area contributed by atoms with Crippen LogP contribution in [-0.4, -0.2) is 43.7 Å². The number of likely N-dealkylation sites (tertiary alicyclic amines) is 1. The van der Waals surface area contributed by atoms with Gasteiger partial charge in [-0.2, -0.15) is 27.8 Å². The number of fused-ring (bicyclic) bond motifs is 2. The number of alkyl halides is 3. The Morgan fingerprint density at radius 1 is 1.17 bits per heavy atom. The molecule has 2 aliphatic heterocycles. The summed E-state index contributed by atoms with van der Waals surface area (Å²) < 4.78 is 46.8. The highest BCUT2D eigenvalue weighted by Gasteiger charge is 2.36. The van der Waals surface area contributed by atoms with Crippen molar-refractivity contribution in [2.45, 2.75) is 50.9 Å². The molecule has 158 valence electrons. The maximum absolute atomic E-state index is 13.4. The van der Waals surface area contributed by atoms with Gasteiger partial charge in [0.1, 0.15) is 18.2 Å². The molecule has 0 saturated carbocycles. The largest absolute Gasteiger partial charge is 0.490 e. The molecule has 2 aliphatic rings. The van der Waals surface area contributed by atoms with Gasteiger partial charge in [-0.25, -0.2) is 4.98 Å². The molecule has 4 heterocycles. The Kier molecular flexibility index (Phi) is 4.65. The summed E-state index contributed by atoms with van der Waals surface area (Å²) in [6.45, 7) is 4.53. The Labute approximate surface area is 171 Å². The maximum atomic E-state index is 13.4. The highest BCUT2D eigenvalue weighted by Crippen LogP contribution is 2.34. The quantitative estimate of drug-likeness (QED) is 0.648. The van der Waals surface area contributed by atoms with E-state index >= 15 is 0 Å². The molecule has 3 aromatic rings. The fourth-order valence-corrected chi connectivity index (χ4v) is 4.46. The first-order chi connectivity index (χ1) is 14.4. The zero-order valence-corrected chi connectivity index (χ0v) is 16.6. The molecule has 2 aromatic heterocycles. The number of hydrogen-bond acceptors (Lipinski definition) is 5. The van der Waals surface area contributed by atoms with Crippen molar-refractivity contribution in [3.8, 4) is 5.75 Å². The topological polar surface area (TPSA) is 55.5 Å². The van der Waals surface area contributed by atoms with Crippen molar-refractivity contribution in [2.75, 3.05) is 13.1 Å². The van der Waals surface area contributed by atoms with Crippen LogP contribution in [0, 0.1) is 0 Å². The van der Waals surface area contributed by atoms with Crippen molar-refractivity contribution in [3.63, 3.8) is 0 Å². The van der Waals surface area contributed by atoms with E-state index in [1.165, 1.54) is 11.1 Å². The van der Waals surface area contributed by atoms with Gasteiger partial charge in [0.15, 0.2) is 5.69 Å². The van der Waals surface area contributed by atoms with Crippen LogP contribution in [0.5, 0.6) is 5.75 Å². The Morgan fingerprint density at radius 2 is 1.97 bits per heavy atom. The third-order valence-corrected chi connectivity index (χ3v) is 5.93. The number of rotatable bonds is 3. The average Bonchev–Trinajstić information content (AvgIpc) is 3.32. The molecular formula is C21H22F3N5O. The van der Waals surface area contributed by atoms with E-state index in [0.717, 1.165) is 61.6 Å². The van der Waals surface area contributed by atoms with Gasteiger partial charge in [0, 0.05) is 24.6 Å². The first-order valence-electron chi connectivity index (χ1n) is 10.2. The molecule has 6 nitrogen and oxygen atoms in total. The lowest BCUT2D eigenvalue weighted by Gasteiger charge is -2.32. The van der Waals surface area contributed by atoms with Crippen LogP contribution in [0.25, 0.3) is 5.78 Å². The predicted octanol–water partition coefficient (Wildman–Crippen LogP) is 3.85. The van der Waals surface area contributed by atoms with E-state index in [2.05, 4.69) is 39.0 Å². The van der Waals surface area contributed by atoms with E-state index in [1.807, 2.05) is 6.07 Å². The molecule has 1 atom stereocenters. The number of nitrogens with zero attached hydrogens (tertiary/aromatic N) is 5. The van der Waals surface area contributed by atoms with E-state index in [0.29, 0.717) is 5.69 Å². The van der Waals surface area contributed by atoms with Gasteiger partial charge in [-0.05, 0) is 56.1 Å². The molecule has 1 saturated heterocycles. The standard InChI is InChI=1S/C21H22F3N5O/c1-13-8-16-9-14(2-3-18(16)30-13)11-28-6-4-15(5-7-28)17-10-19(21(22,23)24)29-20(27-17)25-12-26-29/h2-3,9-10,12-13,15H,4-8,11H2,1H3. The van der Waals surface area contributed by atoms with Crippen molar-refractivity contribution >= 4 is 5.78 Å². The van der Waals surface area contributed by atoms with Gasteiger partial charge in [0.05, 0.1) is 0 Å². The van der Waals surface area contributed by atoms with Crippen LogP contribution in [0.4, 0.5) is 13.2 Å². The monoisotopic (exact) mass is 417 g/mol. The van der Waals surface area contributed by atoms with Crippen molar-refractivity contribution in [3.05, 3.63) is 53.1 Å². The fourth-order valence-electron chi connectivity index (χ4n) is 4.46. The average molecular weight is 417 g/mol. The number of piperidine rings is 1.